The van der Waals surface area contributed by atoms with Crippen LogP contribution in [0.4, 0.5) is 0 Å². The maximum atomic E-state index is 11.8. The number of hydrogen-bond acceptors (Lipinski definition) is 2. The van der Waals surface area contributed by atoms with Crippen molar-refractivity contribution in [3.05, 3.63) is 45.7 Å². The number of benzene rings is 1. The minimum Gasteiger partial charge on any atom is -0.322 e. The summed E-state index contributed by atoms with van der Waals surface area (Å²) in [6.07, 6.45) is 0.496. The average molecular weight is 228 g/mol. The molecule has 0 aliphatic rings. The lowest BCUT2D eigenvalue weighted by atomic mass is 10.0. The van der Waals surface area contributed by atoms with E-state index in [1.54, 1.807) is 0 Å². The highest BCUT2D eigenvalue weighted by atomic mass is 16.1. The molecule has 0 saturated heterocycles. The SMILES string of the molecule is Cc1ccc2[nH]c(=O)c(CC(C)C#N)cc2c1.[HH]. The molecule has 2 aromatic rings. The maximum Gasteiger partial charge on any atom is 0.251 e. The Bertz CT molecular complexity index is 655. The maximum absolute atomic E-state index is 11.8. The first-order chi connectivity index (χ1) is 8.10. The molecule has 0 aliphatic carbocycles. The Morgan fingerprint density at radius 1 is 1.47 bits per heavy atom. The summed E-state index contributed by atoms with van der Waals surface area (Å²) >= 11 is 0. The summed E-state index contributed by atoms with van der Waals surface area (Å²) in [6, 6.07) is 9.94. The summed E-state index contributed by atoms with van der Waals surface area (Å²) in [4.78, 5) is 14.7. The first kappa shape index (κ1) is 11.4. The normalized spacial score (nSPS) is 12.3. The van der Waals surface area contributed by atoms with E-state index in [1.165, 1.54) is 0 Å². The molecule has 2 rings (SSSR count). The van der Waals surface area contributed by atoms with Crippen molar-refractivity contribution in [1.29, 1.82) is 5.26 Å². The van der Waals surface area contributed by atoms with E-state index in [4.69, 9.17) is 5.26 Å². The zero-order valence-corrected chi connectivity index (χ0v) is 9.95. The lowest BCUT2D eigenvalue weighted by Gasteiger charge is -2.05. The molecule has 1 atom stereocenters. The van der Waals surface area contributed by atoms with E-state index in [1.807, 2.05) is 38.1 Å². The lowest BCUT2D eigenvalue weighted by molar-refractivity contribution is 0.732. The highest BCUT2D eigenvalue weighted by Gasteiger charge is 2.07. The van der Waals surface area contributed by atoms with E-state index in [0.717, 1.165) is 16.5 Å². The Balaban J connectivity index is 0.00000162. The molecule has 3 heteroatoms. The van der Waals surface area contributed by atoms with Gasteiger partial charge in [0.15, 0.2) is 0 Å². The van der Waals surface area contributed by atoms with Crippen LogP contribution in [-0.2, 0) is 6.42 Å². The van der Waals surface area contributed by atoms with Crippen LogP contribution in [-0.4, -0.2) is 4.98 Å². The van der Waals surface area contributed by atoms with E-state index in [9.17, 15) is 4.79 Å². The number of nitrogens with one attached hydrogen (secondary N) is 1. The quantitative estimate of drug-likeness (QED) is 0.859. The molecule has 0 aliphatic heterocycles. The Kier molecular flexibility index (Phi) is 2.97. The molecule has 1 N–H and O–H groups in total. The topological polar surface area (TPSA) is 56.6 Å². The number of aryl methyl sites for hydroxylation is 1. The van der Waals surface area contributed by atoms with Gasteiger partial charge in [0, 0.05) is 18.4 Å². The number of aromatic amines is 1. The molecule has 88 valence electrons. The van der Waals surface area contributed by atoms with E-state index in [-0.39, 0.29) is 12.9 Å². The molecule has 0 amide bonds. The molecule has 0 radical (unpaired) electrons. The van der Waals surface area contributed by atoms with Crippen LogP contribution in [0.3, 0.4) is 0 Å². The molecule has 3 nitrogen and oxygen atoms in total. The van der Waals surface area contributed by atoms with Crippen molar-refractivity contribution in [2.24, 2.45) is 5.92 Å². The van der Waals surface area contributed by atoms with Crippen molar-refractivity contribution >= 4 is 10.9 Å². The smallest absolute Gasteiger partial charge is 0.251 e. The third-order valence-corrected chi connectivity index (χ3v) is 2.82. The molecular weight excluding hydrogens is 212 g/mol. The van der Waals surface area contributed by atoms with Gasteiger partial charge in [-0.3, -0.25) is 4.79 Å². The van der Waals surface area contributed by atoms with Gasteiger partial charge in [0.05, 0.1) is 6.07 Å². The second kappa shape index (κ2) is 4.42. The van der Waals surface area contributed by atoms with E-state index < -0.39 is 0 Å². The second-order valence-electron chi connectivity index (χ2n) is 4.45. The minimum atomic E-state index is -0.140. The number of H-pyrrole nitrogens is 1. The predicted molar refractivity (Wildman–Crippen MR) is 69.9 cm³/mol. The van der Waals surface area contributed by atoms with Crippen molar-refractivity contribution in [3.8, 4) is 6.07 Å². The number of nitriles is 1. The highest BCUT2D eigenvalue weighted by Crippen LogP contribution is 2.14. The van der Waals surface area contributed by atoms with E-state index in [2.05, 4.69) is 11.1 Å². The van der Waals surface area contributed by atoms with Crippen LogP contribution < -0.4 is 5.56 Å². The van der Waals surface area contributed by atoms with E-state index in [0.29, 0.717) is 12.0 Å². The summed E-state index contributed by atoms with van der Waals surface area (Å²) in [6.45, 7) is 3.84. The Labute approximate surface area is 101 Å². The summed E-state index contributed by atoms with van der Waals surface area (Å²) in [5.74, 6) is -0.140. The van der Waals surface area contributed by atoms with Crippen molar-refractivity contribution in [3.63, 3.8) is 0 Å². The number of fused-ring (bicyclic) bond motifs is 1. The number of nitrogens with zero attached hydrogens (tertiary/aromatic N) is 1. The van der Waals surface area contributed by atoms with Crippen molar-refractivity contribution in [2.45, 2.75) is 20.3 Å². The largest absolute Gasteiger partial charge is 0.322 e. The predicted octanol–water partition coefficient (Wildman–Crippen LogP) is 2.78. The van der Waals surface area contributed by atoms with Gasteiger partial charge < -0.3 is 4.98 Å². The second-order valence-corrected chi connectivity index (χ2v) is 4.45. The highest BCUT2D eigenvalue weighted by molar-refractivity contribution is 5.79. The summed E-state index contributed by atoms with van der Waals surface area (Å²) in [7, 11) is 0. The number of pyridine rings is 1. The molecule has 0 spiro atoms. The molecular formula is C14H16N2O. The van der Waals surface area contributed by atoms with Gasteiger partial charge in [-0.1, -0.05) is 11.6 Å². The van der Waals surface area contributed by atoms with Gasteiger partial charge in [-0.25, -0.2) is 0 Å². The van der Waals surface area contributed by atoms with E-state index >= 15 is 0 Å². The Morgan fingerprint density at radius 2 is 2.24 bits per heavy atom. The van der Waals surface area contributed by atoms with Gasteiger partial charge >= 0.3 is 0 Å². The monoisotopic (exact) mass is 228 g/mol. The van der Waals surface area contributed by atoms with Crippen LogP contribution in [0.2, 0.25) is 0 Å². The van der Waals surface area contributed by atoms with Gasteiger partial charge in [-0.05, 0) is 43.9 Å². The van der Waals surface area contributed by atoms with Crippen LogP contribution in [0.15, 0.2) is 29.1 Å². The fourth-order valence-electron chi connectivity index (χ4n) is 1.90. The van der Waals surface area contributed by atoms with Gasteiger partial charge in [0.1, 0.15) is 0 Å². The first-order valence-corrected chi connectivity index (χ1v) is 5.62. The van der Waals surface area contributed by atoms with Crippen LogP contribution in [0.1, 0.15) is 19.5 Å². The van der Waals surface area contributed by atoms with Crippen molar-refractivity contribution in [1.82, 2.24) is 4.98 Å². The average Bonchev–Trinajstić information content (AvgIpc) is 2.30. The summed E-state index contributed by atoms with van der Waals surface area (Å²) in [5.41, 5.74) is 2.58. The number of hydrogen-bond donors (Lipinski definition) is 1. The fraction of sp³-hybridized carbons (Fsp3) is 0.286. The standard InChI is InChI=1S/C14H14N2O.H2/c1-9-3-4-13-11(5-9)7-12(14(17)16-13)6-10(2)8-15;/h3-5,7,10H,6H2,1-2H3,(H,16,17);1H. The van der Waals surface area contributed by atoms with Crippen LogP contribution in [0, 0.1) is 24.2 Å². The molecule has 17 heavy (non-hydrogen) atoms. The molecule has 0 saturated carbocycles. The first-order valence-electron chi connectivity index (χ1n) is 5.62. The Morgan fingerprint density at radius 3 is 2.94 bits per heavy atom. The summed E-state index contributed by atoms with van der Waals surface area (Å²) < 4.78 is 0. The third-order valence-electron chi connectivity index (χ3n) is 2.82. The van der Waals surface area contributed by atoms with Crippen molar-refractivity contribution < 1.29 is 1.43 Å². The van der Waals surface area contributed by atoms with Gasteiger partial charge in [-0.2, -0.15) is 5.26 Å². The third kappa shape index (κ3) is 2.36. The molecule has 1 heterocycles. The van der Waals surface area contributed by atoms with Crippen LogP contribution in [0.5, 0.6) is 0 Å². The zero-order chi connectivity index (χ0) is 12.4. The van der Waals surface area contributed by atoms with Crippen LogP contribution in [0.25, 0.3) is 10.9 Å². The molecule has 0 bridgehead atoms. The van der Waals surface area contributed by atoms with Gasteiger partial charge in [-0.15, -0.1) is 0 Å². The number of rotatable bonds is 2. The molecule has 0 fully saturated rings. The zero-order valence-electron chi connectivity index (χ0n) is 9.95. The van der Waals surface area contributed by atoms with Gasteiger partial charge in [0.2, 0.25) is 0 Å². The lowest BCUT2D eigenvalue weighted by Crippen LogP contribution is -2.14. The van der Waals surface area contributed by atoms with Crippen LogP contribution >= 0.6 is 0 Å². The molecule has 1 aromatic heterocycles. The summed E-state index contributed by atoms with van der Waals surface area (Å²) in [5, 5.41) is 9.80. The fourth-order valence-corrected chi connectivity index (χ4v) is 1.90. The van der Waals surface area contributed by atoms with Gasteiger partial charge in [0.25, 0.3) is 5.56 Å². The molecule has 1 unspecified atom stereocenters. The van der Waals surface area contributed by atoms with Crippen molar-refractivity contribution in [2.75, 3.05) is 0 Å². The minimum absolute atomic E-state index is 0. The number of aromatic nitrogens is 1. The Hall–Kier alpha value is -2.08. The molecule has 1 aromatic carbocycles.